The molecule has 2 aromatic rings. The SMILES string of the molecule is COc1cc(Cl)nc(NS(=O)(=O)c2ccccc2N)n1. The molecule has 0 saturated heterocycles. The molecule has 0 aliphatic carbocycles. The summed E-state index contributed by atoms with van der Waals surface area (Å²) in [6, 6.07) is 7.40. The average Bonchev–Trinajstić information content (AvgIpc) is 2.37. The summed E-state index contributed by atoms with van der Waals surface area (Å²) in [4.78, 5) is 7.54. The van der Waals surface area contributed by atoms with Gasteiger partial charge in [0.05, 0.1) is 12.8 Å². The highest BCUT2D eigenvalue weighted by Gasteiger charge is 2.19. The summed E-state index contributed by atoms with van der Waals surface area (Å²) in [5.41, 5.74) is 5.76. The highest BCUT2D eigenvalue weighted by Crippen LogP contribution is 2.21. The van der Waals surface area contributed by atoms with Gasteiger partial charge in [0.2, 0.25) is 11.8 Å². The Morgan fingerprint density at radius 2 is 2.00 bits per heavy atom. The molecule has 1 heterocycles. The summed E-state index contributed by atoms with van der Waals surface area (Å²) in [5, 5.41) is 0.0515. The van der Waals surface area contributed by atoms with Crippen LogP contribution < -0.4 is 15.2 Å². The van der Waals surface area contributed by atoms with Crippen LogP contribution in [0.15, 0.2) is 35.2 Å². The van der Waals surface area contributed by atoms with E-state index >= 15 is 0 Å². The van der Waals surface area contributed by atoms with E-state index in [2.05, 4.69) is 14.7 Å². The first-order valence-electron chi connectivity index (χ1n) is 5.38. The zero-order chi connectivity index (χ0) is 14.8. The lowest BCUT2D eigenvalue weighted by Crippen LogP contribution is -2.16. The molecule has 3 N–H and O–H groups in total. The Labute approximate surface area is 120 Å². The molecule has 0 radical (unpaired) electrons. The third-order valence-electron chi connectivity index (χ3n) is 2.31. The molecule has 0 unspecified atom stereocenters. The number of para-hydroxylation sites is 1. The zero-order valence-corrected chi connectivity index (χ0v) is 11.9. The lowest BCUT2D eigenvalue weighted by atomic mass is 10.3. The van der Waals surface area contributed by atoms with Crippen molar-refractivity contribution in [3.05, 3.63) is 35.5 Å². The molecular formula is C11H11ClN4O3S. The van der Waals surface area contributed by atoms with Crippen LogP contribution in [0.2, 0.25) is 5.15 Å². The van der Waals surface area contributed by atoms with E-state index in [1.54, 1.807) is 12.1 Å². The van der Waals surface area contributed by atoms with Gasteiger partial charge in [0, 0.05) is 6.07 Å². The highest BCUT2D eigenvalue weighted by atomic mass is 35.5. The Morgan fingerprint density at radius 3 is 2.65 bits per heavy atom. The third-order valence-corrected chi connectivity index (χ3v) is 3.91. The number of aromatic nitrogens is 2. The van der Waals surface area contributed by atoms with Crippen molar-refractivity contribution in [2.24, 2.45) is 0 Å². The maximum atomic E-state index is 12.2. The number of anilines is 2. The van der Waals surface area contributed by atoms with Crippen LogP contribution in [0.3, 0.4) is 0 Å². The maximum absolute atomic E-state index is 12.2. The molecule has 0 fully saturated rings. The molecular weight excluding hydrogens is 304 g/mol. The Balaban J connectivity index is 2.38. The van der Waals surface area contributed by atoms with Gasteiger partial charge in [-0.1, -0.05) is 23.7 Å². The van der Waals surface area contributed by atoms with E-state index in [0.717, 1.165) is 0 Å². The zero-order valence-electron chi connectivity index (χ0n) is 10.4. The molecule has 1 aromatic heterocycles. The van der Waals surface area contributed by atoms with Crippen molar-refractivity contribution in [2.45, 2.75) is 4.90 Å². The number of hydrogen-bond donors (Lipinski definition) is 2. The van der Waals surface area contributed by atoms with Gasteiger partial charge >= 0.3 is 0 Å². The molecule has 0 spiro atoms. The van der Waals surface area contributed by atoms with Gasteiger partial charge in [-0.15, -0.1) is 0 Å². The summed E-state index contributed by atoms with van der Waals surface area (Å²) in [6.45, 7) is 0. The molecule has 0 aliphatic rings. The number of hydrogen-bond acceptors (Lipinski definition) is 6. The standard InChI is InChI=1S/C11H11ClN4O3S/c1-19-10-6-9(12)14-11(15-10)16-20(17,18)8-5-3-2-4-7(8)13/h2-6H,13H2,1H3,(H,14,15,16). The number of benzene rings is 1. The Kier molecular flexibility index (Phi) is 3.96. The minimum atomic E-state index is -3.90. The molecule has 7 nitrogen and oxygen atoms in total. The number of methoxy groups -OCH3 is 1. The predicted octanol–water partition coefficient (Wildman–Crippen LogP) is 1.52. The van der Waals surface area contributed by atoms with Gasteiger partial charge in [-0.2, -0.15) is 4.98 Å². The molecule has 106 valence electrons. The largest absolute Gasteiger partial charge is 0.481 e. The molecule has 2 rings (SSSR count). The summed E-state index contributed by atoms with van der Waals surface area (Å²) < 4.78 is 31.4. The van der Waals surface area contributed by atoms with Crippen LogP contribution in [0.5, 0.6) is 5.88 Å². The van der Waals surface area contributed by atoms with Crippen LogP contribution in [0.25, 0.3) is 0 Å². The summed E-state index contributed by atoms with van der Waals surface area (Å²) in [6.07, 6.45) is 0. The van der Waals surface area contributed by atoms with Gasteiger partial charge in [0.1, 0.15) is 10.0 Å². The second-order valence-electron chi connectivity index (χ2n) is 3.70. The first-order valence-corrected chi connectivity index (χ1v) is 7.24. The molecule has 0 amide bonds. The molecule has 0 aliphatic heterocycles. The summed E-state index contributed by atoms with van der Waals surface area (Å²) in [5.74, 6) is -0.0543. The van der Waals surface area contributed by atoms with Crippen molar-refractivity contribution in [3.63, 3.8) is 0 Å². The van der Waals surface area contributed by atoms with Crippen LogP contribution in [0.1, 0.15) is 0 Å². The van der Waals surface area contributed by atoms with Crippen molar-refractivity contribution in [2.75, 3.05) is 17.6 Å². The highest BCUT2D eigenvalue weighted by molar-refractivity contribution is 7.92. The number of nitrogen functional groups attached to an aromatic ring is 1. The van der Waals surface area contributed by atoms with Gasteiger partial charge < -0.3 is 10.5 Å². The summed E-state index contributed by atoms with van der Waals surface area (Å²) >= 11 is 5.74. The Bertz CT molecular complexity index is 736. The average molecular weight is 315 g/mol. The fraction of sp³-hybridized carbons (Fsp3) is 0.0909. The van der Waals surface area contributed by atoms with Crippen molar-refractivity contribution < 1.29 is 13.2 Å². The molecule has 0 saturated carbocycles. The van der Waals surface area contributed by atoms with E-state index < -0.39 is 10.0 Å². The van der Waals surface area contributed by atoms with Crippen molar-refractivity contribution in [1.29, 1.82) is 0 Å². The Morgan fingerprint density at radius 1 is 1.30 bits per heavy atom. The Hall–Kier alpha value is -2.06. The number of nitrogens with two attached hydrogens (primary N) is 1. The maximum Gasteiger partial charge on any atom is 0.266 e. The van der Waals surface area contributed by atoms with Crippen LogP contribution in [0.4, 0.5) is 11.6 Å². The van der Waals surface area contributed by atoms with Crippen molar-refractivity contribution >= 4 is 33.3 Å². The van der Waals surface area contributed by atoms with Crippen LogP contribution in [-0.2, 0) is 10.0 Å². The van der Waals surface area contributed by atoms with Gasteiger partial charge in [-0.3, -0.25) is 0 Å². The van der Waals surface area contributed by atoms with E-state index in [0.29, 0.717) is 0 Å². The normalized spacial score (nSPS) is 11.1. The lowest BCUT2D eigenvalue weighted by Gasteiger charge is -2.09. The number of rotatable bonds is 4. The van der Waals surface area contributed by atoms with Crippen LogP contribution in [0, 0.1) is 0 Å². The predicted molar refractivity (Wildman–Crippen MR) is 75.3 cm³/mol. The van der Waals surface area contributed by atoms with Crippen LogP contribution >= 0.6 is 11.6 Å². The van der Waals surface area contributed by atoms with E-state index in [-0.39, 0.29) is 27.6 Å². The molecule has 0 atom stereocenters. The molecule has 9 heteroatoms. The minimum absolute atomic E-state index is 0.0515. The van der Waals surface area contributed by atoms with Crippen molar-refractivity contribution in [3.8, 4) is 5.88 Å². The minimum Gasteiger partial charge on any atom is -0.481 e. The monoisotopic (exact) mass is 314 g/mol. The van der Waals surface area contributed by atoms with E-state index in [4.69, 9.17) is 22.1 Å². The van der Waals surface area contributed by atoms with Gasteiger partial charge in [0.15, 0.2) is 0 Å². The first kappa shape index (κ1) is 14.4. The number of sulfonamides is 1. The van der Waals surface area contributed by atoms with Gasteiger partial charge in [-0.25, -0.2) is 18.1 Å². The smallest absolute Gasteiger partial charge is 0.266 e. The fourth-order valence-corrected chi connectivity index (χ4v) is 2.70. The topological polar surface area (TPSA) is 107 Å². The van der Waals surface area contributed by atoms with Gasteiger partial charge in [-0.05, 0) is 12.1 Å². The van der Waals surface area contributed by atoms with Crippen molar-refractivity contribution in [1.82, 2.24) is 9.97 Å². The number of ether oxygens (including phenoxy) is 1. The fourth-order valence-electron chi connectivity index (χ4n) is 1.45. The lowest BCUT2D eigenvalue weighted by molar-refractivity contribution is 0.397. The third kappa shape index (κ3) is 3.09. The first-order chi connectivity index (χ1) is 9.42. The quantitative estimate of drug-likeness (QED) is 0.654. The van der Waals surface area contributed by atoms with Crippen LogP contribution in [-0.4, -0.2) is 25.5 Å². The second kappa shape index (κ2) is 5.51. The number of nitrogens with one attached hydrogen (secondary N) is 1. The summed E-state index contributed by atoms with van der Waals surface area (Å²) in [7, 11) is -2.52. The van der Waals surface area contributed by atoms with E-state index in [1.165, 1.54) is 25.3 Å². The molecule has 1 aromatic carbocycles. The van der Waals surface area contributed by atoms with Gasteiger partial charge in [0.25, 0.3) is 10.0 Å². The van der Waals surface area contributed by atoms with E-state index in [9.17, 15) is 8.42 Å². The number of nitrogens with zero attached hydrogens (tertiary/aromatic N) is 2. The number of halogens is 1. The van der Waals surface area contributed by atoms with E-state index in [1.807, 2.05) is 0 Å². The molecule has 0 bridgehead atoms. The second-order valence-corrected chi connectivity index (χ2v) is 5.74. The molecule has 20 heavy (non-hydrogen) atoms.